The zero-order chi connectivity index (χ0) is 18.1. The molecule has 1 amide bonds. The molecule has 2 aliphatic rings. The van der Waals surface area contributed by atoms with E-state index in [9.17, 15) is 4.79 Å². The quantitative estimate of drug-likeness (QED) is 0.906. The third-order valence-electron chi connectivity index (χ3n) is 5.19. The lowest BCUT2D eigenvalue weighted by molar-refractivity contribution is -0.0849. The van der Waals surface area contributed by atoms with Crippen LogP contribution in [0.5, 0.6) is 0 Å². The molecule has 0 aromatic heterocycles. The third kappa shape index (κ3) is 3.10. The number of benzene rings is 2. The molecule has 2 heterocycles. The Balaban J connectivity index is 1.46. The molecule has 0 atom stereocenters. The van der Waals surface area contributed by atoms with E-state index in [4.69, 9.17) is 9.83 Å². The molecule has 0 radical (unpaired) electrons. The summed E-state index contributed by atoms with van der Waals surface area (Å²) >= 11 is 0. The number of piperidine rings is 1. The largest absolute Gasteiger partial charge is 0.338 e. The van der Waals surface area contributed by atoms with Crippen LogP contribution in [0.25, 0.3) is 0 Å². The normalized spacial score (nSPS) is 18.5. The summed E-state index contributed by atoms with van der Waals surface area (Å²) in [5, 5.41) is 0. The van der Waals surface area contributed by atoms with Gasteiger partial charge in [0, 0.05) is 37.1 Å². The maximum absolute atomic E-state index is 12.8. The molecular weight excluding hydrogens is 326 g/mol. The van der Waals surface area contributed by atoms with Crippen LogP contribution < -0.4 is 5.48 Å². The van der Waals surface area contributed by atoms with Crippen molar-refractivity contribution in [1.29, 1.82) is 0 Å². The van der Waals surface area contributed by atoms with E-state index in [1.54, 1.807) is 0 Å². The van der Waals surface area contributed by atoms with Gasteiger partial charge in [-0.05, 0) is 25.5 Å². The van der Waals surface area contributed by atoms with Gasteiger partial charge in [-0.2, -0.15) is 0 Å². The summed E-state index contributed by atoms with van der Waals surface area (Å²) in [4.78, 5) is 25.3. The second-order valence-corrected chi connectivity index (χ2v) is 7.08. The highest BCUT2D eigenvalue weighted by Crippen LogP contribution is 2.31. The van der Waals surface area contributed by atoms with Crippen molar-refractivity contribution in [2.75, 3.05) is 13.1 Å². The molecule has 5 nitrogen and oxygen atoms in total. The fourth-order valence-corrected chi connectivity index (χ4v) is 3.48. The number of amides is 1. The fourth-order valence-electron chi connectivity index (χ4n) is 3.48. The van der Waals surface area contributed by atoms with Crippen LogP contribution in [0.1, 0.15) is 39.9 Å². The van der Waals surface area contributed by atoms with Gasteiger partial charge in [-0.25, -0.2) is 15.3 Å². The lowest BCUT2D eigenvalue weighted by Crippen LogP contribution is -2.46. The van der Waals surface area contributed by atoms with Crippen molar-refractivity contribution in [2.24, 2.45) is 4.99 Å². The van der Waals surface area contributed by atoms with Gasteiger partial charge < -0.3 is 4.90 Å². The zero-order valence-electron chi connectivity index (χ0n) is 15.2. The van der Waals surface area contributed by atoms with Crippen molar-refractivity contribution < 1.29 is 9.63 Å². The molecule has 134 valence electrons. The lowest BCUT2D eigenvalue weighted by Gasteiger charge is -2.35. The van der Waals surface area contributed by atoms with Crippen LogP contribution in [-0.4, -0.2) is 35.5 Å². The Kier molecular flexibility index (Phi) is 4.24. The smallest absolute Gasteiger partial charge is 0.254 e. The first-order valence-corrected chi connectivity index (χ1v) is 9.02. The van der Waals surface area contributed by atoms with E-state index in [2.05, 4.69) is 24.5 Å². The highest BCUT2D eigenvalue weighted by Gasteiger charge is 2.41. The summed E-state index contributed by atoms with van der Waals surface area (Å²) in [6.07, 6.45) is 1.37. The summed E-state index contributed by atoms with van der Waals surface area (Å²) in [5.74, 6) is 0.857. The second-order valence-electron chi connectivity index (χ2n) is 7.08. The Labute approximate surface area is 153 Å². The summed E-state index contributed by atoms with van der Waals surface area (Å²) in [6.45, 7) is 5.31. The van der Waals surface area contributed by atoms with Gasteiger partial charge in [0.05, 0.1) is 0 Å². The molecule has 4 rings (SSSR count). The van der Waals surface area contributed by atoms with Crippen LogP contribution in [0.3, 0.4) is 0 Å². The van der Waals surface area contributed by atoms with Gasteiger partial charge >= 0.3 is 0 Å². The maximum Gasteiger partial charge on any atom is 0.254 e. The monoisotopic (exact) mass is 349 g/mol. The number of hydrogen-bond acceptors (Lipinski definition) is 4. The Morgan fingerprint density at radius 3 is 2.46 bits per heavy atom. The minimum Gasteiger partial charge on any atom is -0.338 e. The van der Waals surface area contributed by atoms with Crippen LogP contribution >= 0.6 is 0 Å². The Morgan fingerprint density at radius 2 is 1.77 bits per heavy atom. The van der Waals surface area contributed by atoms with Crippen LogP contribution in [0, 0.1) is 13.8 Å². The van der Waals surface area contributed by atoms with Gasteiger partial charge in [0.15, 0.2) is 11.6 Å². The van der Waals surface area contributed by atoms with Crippen LogP contribution in [0.2, 0.25) is 0 Å². The highest BCUT2D eigenvalue weighted by atomic mass is 16.7. The number of nitrogens with zero attached hydrogens (tertiary/aromatic N) is 2. The van der Waals surface area contributed by atoms with Gasteiger partial charge in [-0.3, -0.25) is 4.79 Å². The van der Waals surface area contributed by atoms with E-state index in [0.29, 0.717) is 25.9 Å². The molecule has 1 fully saturated rings. The molecule has 0 aliphatic carbocycles. The molecule has 2 aliphatic heterocycles. The first-order chi connectivity index (χ1) is 12.6. The van der Waals surface area contributed by atoms with Crippen molar-refractivity contribution in [3.8, 4) is 0 Å². The summed E-state index contributed by atoms with van der Waals surface area (Å²) in [7, 11) is 0. The molecule has 2 aromatic carbocycles. The molecule has 2 aromatic rings. The average molecular weight is 349 g/mol. The van der Waals surface area contributed by atoms with E-state index < -0.39 is 5.72 Å². The van der Waals surface area contributed by atoms with E-state index in [1.807, 2.05) is 48.2 Å². The minimum atomic E-state index is -0.567. The van der Waals surface area contributed by atoms with Crippen molar-refractivity contribution in [2.45, 2.75) is 32.4 Å². The van der Waals surface area contributed by atoms with Crippen LogP contribution in [0.15, 0.2) is 53.5 Å². The molecule has 0 unspecified atom stereocenters. The van der Waals surface area contributed by atoms with Gasteiger partial charge in [0.2, 0.25) is 0 Å². The molecule has 5 heteroatoms. The molecule has 1 N–H and O–H groups in total. The maximum atomic E-state index is 12.8. The third-order valence-corrected chi connectivity index (χ3v) is 5.19. The van der Waals surface area contributed by atoms with Crippen molar-refractivity contribution in [1.82, 2.24) is 10.4 Å². The van der Waals surface area contributed by atoms with E-state index in [1.165, 1.54) is 5.56 Å². The molecule has 0 bridgehead atoms. The second kappa shape index (κ2) is 6.57. The zero-order valence-corrected chi connectivity index (χ0v) is 15.2. The van der Waals surface area contributed by atoms with E-state index in [-0.39, 0.29) is 5.91 Å². The number of hydrogen-bond donors (Lipinski definition) is 1. The van der Waals surface area contributed by atoms with Crippen LogP contribution in [-0.2, 0) is 4.84 Å². The van der Waals surface area contributed by atoms with Crippen molar-refractivity contribution in [3.05, 3.63) is 70.8 Å². The van der Waals surface area contributed by atoms with Gasteiger partial charge in [-0.1, -0.05) is 48.0 Å². The van der Waals surface area contributed by atoms with Crippen molar-refractivity contribution >= 4 is 11.7 Å². The highest BCUT2D eigenvalue weighted by molar-refractivity contribution is 5.99. The number of likely N-dealkylation sites (tertiary alicyclic amines) is 1. The lowest BCUT2D eigenvalue weighted by atomic mass is 9.99. The molecule has 1 spiro atoms. The first kappa shape index (κ1) is 16.8. The van der Waals surface area contributed by atoms with Crippen LogP contribution in [0.4, 0.5) is 0 Å². The topological polar surface area (TPSA) is 53.9 Å². The molecular formula is C21H23N3O2. The molecule has 1 saturated heterocycles. The van der Waals surface area contributed by atoms with Crippen molar-refractivity contribution in [3.63, 3.8) is 0 Å². The number of carbonyl (C=O) groups is 1. The Bertz CT molecular complexity index is 850. The number of rotatable bonds is 2. The number of nitrogens with one attached hydrogen (secondary N) is 1. The van der Waals surface area contributed by atoms with Gasteiger partial charge in [-0.15, -0.1) is 0 Å². The summed E-state index contributed by atoms with van der Waals surface area (Å²) < 4.78 is 0. The molecule has 0 saturated carbocycles. The SMILES string of the molecule is Cc1ccc(C2=NC3(CCN(C(=O)c4ccccc4C)CC3)ON2)cc1. The predicted molar refractivity (Wildman–Crippen MR) is 101 cm³/mol. The summed E-state index contributed by atoms with van der Waals surface area (Å²) in [5.41, 5.74) is 6.44. The summed E-state index contributed by atoms with van der Waals surface area (Å²) in [6, 6.07) is 15.9. The fraction of sp³-hybridized carbons (Fsp3) is 0.333. The predicted octanol–water partition coefficient (Wildman–Crippen LogP) is 3.22. The van der Waals surface area contributed by atoms with E-state index >= 15 is 0 Å². The Hall–Kier alpha value is -2.66. The Morgan fingerprint density at radius 1 is 1.08 bits per heavy atom. The van der Waals surface area contributed by atoms with E-state index in [0.717, 1.165) is 22.5 Å². The number of aryl methyl sites for hydroxylation is 2. The number of amidine groups is 1. The molecule has 26 heavy (non-hydrogen) atoms. The minimum absolute atomic E-state index is 0.0895. The van der Waals surface area contributed by atoms with Gasteiger partial charge in [0.1, 0.15) is 0 Å². The van der Waals surface area contributed by atoms with Gasteiger partial charge in [0.25, 0.3) is 5.91 Å². The average Bonchev–Trinajstić information content (AvgIpc) is 3.06. The number of hydroxylamine groups is 1. The first-order valence-electron chi connectivity index (χ1n) is 9.02. The number of aliphatic imine (C=N–C) groups is 1. The standard InChI is InChI=1S/C21H23N3O2/c1-15-7-9-17(10-8-15)19-22-21(26-23-19)11-13-24(14-12-21)20(25)18-6-4-3-5-16(18)2/h3-10H,11-14H2,1-2H3,(H,22,23). The number of carbonyl (C=O) groups excluding carboxylic acids is 1.